The SMILES string of the molecule is N#Cc1c(F)cccc1S(=O)(=O)NCc1ccc(Cl)s1. The van der Waals surface area contributed by atoms with Crippen LogP contribution >= 0.6 is 22.9 Å². The molecule has 1 N–H and O–H groups in total. The number of thiophene rings is 1. The highest BCUT2D eigenvalue weighted by Crippen LogP contribution is 2.22. The third-order valence-corrected chi connectivity index (χ3v) is 5.12. The zero-order valence-electron chi connectivity index (χ0n) is 9.93. The second-order valence-corrected chi connectivity index (χ2v) is 7.29. The van der Waals surface area contributed by atoms with Gasteiger partial charge in [0.05, 0.1) is 4.34 Å². The van der Waals surface area contributed by atoms with Crippen molar-refractivity contribution in [2.75, 3.05) is 0 Å². The third kappa shape index (κ3) is 3.16. The Kier molecular flexibility index (Phi) is 4.40. The van der Waals surface area contributed by atoms with Crippen LogP contribution in [0.15, 0.2) is 35.2 Å². The van der Waals surface area contributed by atoms with E-state index in [1.807, 2.05) is 0 Å². The highest BCUT2D eigenvalue weighted by atomic mass is 35.5. The second kappa shape index (κ2) is 5.89. The van der Waals surface area contributed by atoms with Gasteiger partial charge in [-0.2, -0.15) is 5.26 Å². The minimum absolute atomic E-state index is 0.0289. The average Bonchev–Trinajstić information content (AvgIpc) is 2.82. The van der Waals surface area contributed by atoms with E-state index in [2.05, 4.69) is 4.72 Å². The van der Waals surface area contributed by atoms with E-state index >= 15 is 0 Å². The zero-order valence-corrected chi connectivity index (χ0v) is 12.3. The number of halogens is 2. The first kappa shape index (κ1) is 14.9. The first-order valence-electron chi connectivity index (χ1n) is 5.36. The first-order chi connectivity index (χ1) is 9.44. The van der Waals surface area contributed by atoms with E-state index in [-0.39, 0.29) is 11.4 Å². The second-order valence-electron chi connectivity index (χ2n) is 3.76. The van der Waals surface area contributed by atoms with Gasteiger partial charge in [0.1, 0.15) is 22.3 Å². The average molecular weight is 331 g/mol. The van der Waals surface area contributed by atoms with Crippen LogP contribution in [0.3, 0.4) is 0 Å². The van der Waals surface area contributed by atoms with Crippen LogP contribution in [0.4, 0.5) is 4.39 Å². The molecule has 4 nitrogen and oxygen atoms in total. The maximum absolute atomic E-state index is 13.4. The van der Waals surface area contributed by atoms with Gasteiger partial charge in [0.15, 0.2) is 0 Å². The van der Waals surface area contributed by atoms with Gasteiger partial charge in [-0.25, -0.2) is 17.5 Å². The normalized spacial score (nSPS) is 11.2. The Balaban J connectivity index is 2.27. The van der Waals surface area contributed by atoms with E-state index < -0.39 is 21.4 Å². The standard InChI is InChI=1S/C12H8ClFN2O2S2/c13-12-5-4-8(19-12)7-16-20(17,18)11-3-1-2-10(14)9(11)6-15/h1-5,16H,7H2. The van der Waals surface area contributed by atoms with E-state index in [1.165, 1.54) is 23.5 Å². The molecule has 1 aromatic carbocycles. The number of hydrogen-bond acceptors (Lipinski definition) is 4. The molecule has 2 rings (SSSR count). The van der Waals surface area contributed by atoms with Crippen molar-refractivity contribution in [1.82, 2.24) is 4.72 Å². The smallest absolute Gasteiger partial charge is 0.207 e. The number of nitrogens with zero attached hydrogens (tertiary/aromatic N) is 1. The maximum Gasteiger partial charge on any atom is 0.242 e. The highest BCUT2D eigenvalue weighted by molar-refractivity contribution is 7.89. The molecule has 2 aromatic rings. The van der Waals surface area contributed by atoms with Crippen molar-refractivity contribution < 1.29 is 12.8 Å². The van der Waals surface area contributed by atoms with Crippen LogP contribution in [-0.2, 0) is 16.6 Å². The lowest BCUT2D eigenvalue weighted by molar-refractivity contribution is 0.576. The fourth-order valence-electron chi connectivity index (χ4n) is 1.53. The molecule has 0 unspecified atom stereocenters. The molecule has 0 spiro atoms. The Bertz CT molecular complexity index is 781. The summed E-state index contributed by atoms with van der Waals surface area (Å²) in [7, 11) is -3.96. The third-order valence-electron chi connectivity index (χ3n) is 2.44. The Morgan fingerprint density at radius 3 is 2.70 bits per heavy atom. The van der Waals surface area contributed by atoms with E-state index in [0.29, 0.717) is 9.21 Å². The summed E-state index contributed by atoms with van der Waals surface area (Å²) in [6, 6.07) is 8.36. The van der Waals surface area contributed by atoms with Gasteiger partial charge < -0.3 is 0 Å². The number of sulfonamides is 1. The number of nitrogens with one attached hydrogen (secondary N) is 1. The Hall–Kier alpha value is -1.46. The van der Waals surface area contributed by atoms with E-state index in [0.717, 1.165) is 6.07 Å². The maximum atomic E-state index is 13.4. The lowest BCUT2D eigenvalue weighted by Gasteiger charge is -2.07. The molecule has 104 valence electrons. The van der Waals surface area contributed by atoms with Crippen LogP contribution in [0.5, 0.6) is 0 Å². The molecule has 0 amide bonds. The van der Waals surface area contributed by atoms with Gasteiger partial charge in [-0.1, -0.05) is 17.7 Å². The fourth-order valence-corrected chi connectivity index (χ4v) is 3.82. The Labute approximate surface area is 124 Å². The Morgan fingerprint density at radius 1 is 1.35 bits per heavy atom. The molecular formula is C12H8ClFN2O2S2. The summed E-state index contributed by atoms with van der Waals surface area (Å²) in [6.45, 7) is 0.0289. The molecule has 0 aliphatic heterocycles. The number of nitriles is 1. The summed E-state index contributed by atoms with van der Waals surface area (Å²) < 4.78 is 40.4. The van der Waals surface area contributed by atoms with Crippen LogP contribution < -0.4 is 4.72 Å². The van der Waals surface area contributed by atoms with Crippen LogP contribution in [0, 0.1) is 17.1 Å². The van der Waals surface area contributed by atoms with Gasteiger partial charge in [0.2, 0.25) is 10.0 Å². The lowest BCUT2D eigenvalue weighted by atomic mass is 10.2. The van der Waals surface area contributed by atoms with Gasteiger partial charge in [-0.15, -0.1) is 11.3 Å². The largest absolute Gasteiger partial charge is 0.242 e. The van der Waals surface area contributed by atoms with Crippen molar-refractivity contribution >= 4 is 33.0 Å². The number of rotatable bonds is 4. The van der Waals surface area contributed by atoms with Crippen LogP contribution in [0.1, 0.15) is 10.4 Å². The number of benzene rings is 1. The van der Waals surface area contributed by atoms with Crippen LogP contribution in [0.2, 0.25) is 4.34 Å². The first-order valence-corrected chi connectivity index (χ1v) is 8.04. The molecule has 0 radical (unpaired) electrons. The Morgan fingerprint density at radius 2 is 2.10 bits per heavy atom. The summed E-state index contributed by atoms with van der Waals surface area (Å²) in [5, 5.41) is 8.85. The molecule has 20 heavy (non-hydrogen) atoms. The van der Waals surface area contributed by atoms with E-state index in [9.17, 15) is 12.8 Å². The van der Waals surface area contributed by atoms with Gasteiger partial charge in [0.25, 0.3) is 0 Å². The lowest BCUT2D eigenvalue weighted by Crippen LogP contribution is -2.24. The summed E-state index contributed by atoms with van der Waals surface area (Å²) in [5.74, 6) is -0.866. The van der Waals surface area contributed by atoms with Gasteiger partial charge >= 0.3 is 0 Å². The summed E-state index contributed by atoms with van der Waals surface area (Å²) in [5.41, 5.74) is -0.496. The molecule has 0 bridgehead atoms. The summed E-state index contributed by atoms with van der Waals surface area (Å²) in [6.07, 6.45) is 0. The quantitative estimate of drug-likeness (QED) is 0.937. The van der Waals surface area contributed by atoms with Gasteiger partial charge in [-0.05, 0) is 24.3 Å². The van der Waals surface area contributed by atoms with Crippen molar-refractivity contribution in [3.05, 3.63) is 50.9 Å². The molecule has 0 saturated heterocycles. The van der Waals surface area contributed by atoms with Crippen LogP contribution in [-0.4, -0.2) is 8.42 Å². The molecule has 0 atom stereocenters. The predicted molar refractivity (Wildman–Crippen MR) is 74.5 cm³/mol. The van der Waals surface area contributed by atoms with E-state index in [4.69, 9.17) is 16.9 Å². The van der Waals surface area contributed by atoms with E-state index in [1.54, 1.807) is 18.2 Å². The predicted octanol–water partition coefficient (Wildman–Crippen LogP) is 2.89. The van der Waals surface area contributed by atoms with Crippen molar-refractivity contribution in [2.45, 2.75) is 11.4 Å². The van der Waals surface area contributed by atoms with Crippen molar-refractivity contribution in [2.24, 2.45) is 0 Å². The molecule has 8 heteroatoms. The molecule has 1 aromatic heterocycles. The zero-order chi connectivity index (χ0) is 14.8. The van der Waals surface area contributed by atoms with Gasteiger partial charge in [0, 0.05) is 11.4 Å². The molecule has 0 saturated carbocycles. The molecule has 0 aliphatic carbocycles. The molecule has 1 heterocycles. The minimum Gasteiger partial charge on any atom is -0.207 e. The van der Waals surface area contributed by atoms with Crippen molar-refractivity contribution in [3.8, 4) is 6.07 Å². The molecule has 0 fully saturated rings. The van der Waals surface area contributed by atoms with Gasteiger partial charge in [-0.3, -0.25) is 0 Å². The topological polar surface area (TPSA) is 70.0 Å². The number of hydrogen-bond donors (Lipinski definition) is 1. The monoisotopic (exact) mass is 330 g/mol. The van der Waals surface area contributed by atoms with Crippen molar-refractivity contribution in [3.63, 3.8) is 0 Å². The minimum atomic E-state index is -3.96. The van der Waals surface area contributed by atoms with Crippen molar-refractivity contribution in [1.29, 1.82) is 5.26 Å². The molecular weight excluding hydrogens is 323 g/mol. The fraction of sp³-hybridized carbons (Fsp3) is 0.0833. The highest BCUT2D eigenvalue weighted by Gasteiger charge is 2.21. The summed E-state index contributed by atoms with van der Waals surface area (Å²) >= 11 is 6.98. The summed E-state index contributed by atoms with van der Waals surface area (Å²) in [4.78, 5) is 0.344. The molecule has 0 aliphatic rings. The van der Waals surface area contributed by atoms with Crippen LogP contribution in [0.25, 0.3) is 0 Å².